The predicted molar refractivity (Wildman–Crippen MR) is 122 cm³/mol. The molecule has 31 heavy (non-hydrogen) atoms. The van der Waals surface area contributed by atoms with Crippen molar-refractivity contribution in [3.8, 4) is 0 Å². The lowest BCUT2D eigenvalue weighted by Gasteiger charge is -2.18. The Morgan fingerprint density at radius 1 is 1.23 bits per heavy atom. The van der Waals surface area contributed by atoms with Crippen molar-refractivity contribution in [1.82, 2.24) is 19.2 Å². The fraction of sp³-hybridized carbons (Fsp3) is 0.545. The van der Waals surface area contributed by atoms with Crippen LogP contribution in [0.25, 0.3) is 0 Å². The van der Waals surface area contributed by atoms with Crippen molar-refractivity contribution in [2.24, 2.45) is 5.92 Å². The van der Waals surface area contributed by atoms with Gasteiger partial charge in [-0.3, -0.25) is 4.79 Å². The van der Waals surface area contributed by atoms with Crippen molar-refractivity contribution < 1.29 is 13.2 Å². The minimum atomic E-state index is -3.61. The number of carbonyl (C=O) groups excluding carboxylic acids is 1. The van der Waals surface area contributed by atoms with Crippen LogP contribution >= 0.6 is 0 Å². The highest BCUT2D eigenvalue weighted by molar-refractivity contribution is 7.89. The standard InChI is InChI=1S/C22H33N5O3S/c1-3-18(2)16-25-20-13-19(22(28)24-7-6-9-26-12-8-23-17-26)14-21(15-20)31(29,30)27-10-4-5-11-27/h8,12-15,17-18,25H,3-7,9-11,16H2,1-2H3,(H,24,28)/t18-/m1/s1. The lowest BCUT2D eigenvalue weighted by molar-refractivity contribution is 0.0952. The third kappa shape index (κ3) is 6.30. The second-order valence-corrected chi connectivity index (χ2v) is 10.1. The van der Waals surface area contributed by atoms with Gasteiger partial charge in [-0.05, 0) is 43.4 Å². The Bertz CT molecular complexity index is 954. The van der Waals surface area contributed by atoms with Gasteiger partial charge in [0.25, 0.3) is 5.91 Å². The zero-order chi connectivity index (χ0) is 22.3. The number of aromatic nitrogens is 2. The van der Waals surface area contributed by atoms with Crippen molar-refractivity contribution in [2.75, 3.05) is 31.5 Å². The quantitative estimate of drug-likeness (QED) is 0.516. The number of nitrogens with one attached hydrogen (secondary N) is 2. The van der Waals surface area contributed by atoms with Crippen LogP contribution in [-0.2, 0) is 16.6 Å². The summed E-state index contributed by atoms with van der Waals surface area (Å²) in [7, 11) is -3.61. The van der Waals surface area contributed by atoms with E-state index < -0.39 is 10.0 Å². The molecule has 3 rings (SSSR count). The van der Waals surface area contributed by atoms with Crippen LogP contribution in [0.2, 0.25) is 0 Å². The number of carbonyl (C=O) groups is 1. The van der Waals surface area contributed by atoms with Crippen LogP contribution in [0.15, 0.2) is 41.8 Å². The second kappa shape index (κ2) is 10.8. The van der Waals surface area contributed by atoms with Crippen molar-refractivity contribution in [1.29, 1.82) is 0 Å². The summed E-state index contributed by atoms with van der Waals surface area (Å²) in [5, 5.41) is 6.21. The first-order valence-electron chi connectivity index (χ1n) is 11.0. The number of benzene rings is 1. The molecule has 2 aromatic rings. The molecule has 0 unspecified atom stereocenters. The van der Waals surface area contributed by atoms with Crippen LogP contribution in [0, 0.1) is 5.92 Å². The van der Waals surface area contributed by atoms with Gasteiger partial charge in [0, 0.05) is 56.4 Å². The smallest absolute Gasteiger partial charge is 0.251 e. The zero-order valence-electron chi connectivity index (χ0n) is 18.4. The number of hydrogen-bond acceptors (Lipinski definition) is 5. The van der Waals surface area contributed by atoms with Crippen LogP contribution in [0.3, 0.4) is 0 Å². The summed E-state index contributed by atoms with van der Waals surface area (Å²) in [4.78, 5) is 17.0. The van der Waals surface area contributed by atoms with E-state index in [4.69, 9.17) is 0 Å². The molecule has 1 aliphatic heterocycles. The molecule has 0 radical (unpaired) electrons. The van der Waals surface area contributed by atoms with E-state index in [9.17, 15) is 13.2 Å². The van der Waals surface area contributed by atoms with Crippen molar-refractivity contribution in [2.45, 2.75) is 51.0 Å². The first-order chi connectivity index (χ1) is 14.9. The Labute approximate surface area is 185 Å². The number of sulfonamides is 1. The van der Waals surface area contributed by atoms with Crippen LogP contribution < -0.4 is 10.6 Å². The van der Waals surface area contributed by atoms with E-state index in [2.05, 4.69) is 29.5 Å². The minimum Gasteiger partial charge on any atom is -0.385 e. The minimum absolute atomic E-state index is 0.173. The molecule has 0 saturated carbocycles. The molecule has 1 atom stereocenters. The molecule has 1 aromatic heterocycles. The molecule has 0 aliphatic carbocycles. The highest BCUT2D eigenvalue weighted by atomic mass is 32.2. The Morgan fingerprint density at radius 2 is 2.00 bits per heavy atom. The number of rotatable bonds is 11. The van der Waals surface area contributed by atoms with Crippen LogP contribution in [0.1, 0.15) is 49.9 Å². The highest BCUT2D eigenvalue weighted by Gasteiger charge is 2.28. The van der Waals surface area contributed by atoms with E-state index in [0.717, 1.165) is 38.8 Å². The number of imidazole rings is 1. The van der Waals surface area contributed by atoms with Crippen LogP contribution in [0.4, 0.5) is 5.69 Å². The predicted octanol–water partition coefficient (Wildman–Crippen LogP) is 2.95. The Morgan fingerprint density at radius 3 is 2.68 bits per heavy atom. The maximum absolute atomic E-state index is 13.1. The van der Waals surface area contributed by atoms with Gasteiger partial charge in [-0.1, -0.05) is 20.3 Å². The Hall–Kier alpha value is -2.39. The van der Waals surface area contributed by atoms with Gasteiger partial charge in [0.15, 0.2) is 0 Å². The lowest BCUT2D eigenvalue weighted by atomic mass is 10.1. The number of nitrogens with zero attached hydrogens (tertiary/aromatic N) is 3. The van der Waals surface area contributed by atoms with E-state index >= 15 is 0 Å². The maximum Gasteiger partial charge on any atom is 0.251 e. The third-order valence-electron chi connectivity index (χ3n) is 5.66. The van der Waals surface area contributed by atoms with Gasteiger partial charge < -0.3 is 15.2 Å². The molecular formula is C22H33N5O3S. The molecule has 0 spiro atoms. The van der Waals surface area contributed by atoms with Gasteiger partial charge >= 0.3 is 0 Å². The number of hydrogen-bond donors (Lipinski definition) is 2. The van der Waals surface area contributed by atoms with E-state index in [1.165, 1.54) is 10.4 Å². The average molecular weight is 448 g/mol. The molecule has 1 aliphatic rings. The summed E-state index contributed by atoms with van der Waals surface area (Å²) >= 11 is 0. The molecule has 2 N–H and O–H groups in total. The zero-order valence-corrected chi connectivity index (χ0v) is 19.2. The summed E-state index contributed by atoms with van der Waals surface area (Å²) < 4.78 is 29.7. The first kappa shape index (κ1) is 23.3. The van der Waals surface area contributed by atoms with Crippen molar-refractivity contribution >= 4 is 21.6 Å². The number of anilines is 1. The molecular weight excluding hydrogens is 414 g/mol. The molecule has 8 nitrogen and oxygen atoms in total. The van der Waals surface area contributed by atoms with Crippen LogP contribution in [-0.4, -0.2) is 54.4 Å². The normalized spacial score (nSPS) is 15.7. The maximum atomic E-state index is 13.1. The SMILES string of the molecule is CC[C@@H](C)CNc1cc(C(=O)NCCCn2ccnc2)cc(S(=O)(=O)N2CCCC2)c1. The van der Waals surface area contributed by atoms with Gasteiger partial charge in [-0.2, -0.15) is 4.31 Å². The van der Waals surface area contributed by atoms with Crippen molar-refractivity contribution in [3.05, 3.63) is 42.5 Å². The molecule has 1 aromatic carbocycles. The Balaban J connectivity index is 1.74. The molecule has 0 bridgehead atoms. The summed E-state index contributed by atoms with van der Waals surface area (Å²) in [6.45, 7) is 7.27. The molecule has 1 amide bonds. The summed E-state index contributed by atoms with van der Waals surface area (Å²) in [6.07, 6.45) is 8.85. The molecule has 1 fully saturated rings. The van der Waals surface area contributed by atoms with E-state index in [1.54, 1.807) is 24.7 Å². The fourth-order valence-electron chi connectivity index (χ4n) is 3.48. The summed E-state index contributed by atoms with van der Waals surface area (Å²) in [5.74, 6) is 0.176. The fourth-order valence-corrected chi connectivity index (χ4v) is 5.07. The van der Waals surface area contributed by atoms with Gasteiger partial charge in [0.2, 0.25) is 10.0 Å². The molecule has 9 heteroatoms. The first-order valence-corrected chi connectivity index (χ1v) is 12.5. The van der Waals surface area contributed by atoms with Gasteiger partial charge in [0.05, 0.1) is 11.2 Å². The number of amides is 1. The highest BCUT2D eigenvalue weighted by Crippen LogP contribution is 2.25. The molecule has 170 valence electrons. The average Bonchev–Trinajstić information content (AvgIpc) is 3.49. The van der Waals surface area contributed by atoms with Gasteiger partial charge in [-0.15, -0.1) is 0 Å². The van der Waals surface area contributed by atoms with E-state index in [1.807, 2.05) is 10.8 Å². The van der Waals surface area contributed by atoms with Gasteiger partial charge in [0.1, 0.15) is 0 Å². The van der Waals surface area contributed by atoms with Crippen molar-refractivity contribution in [3.63, 3.8) is 0 Å². The van der Waals surface area contributed by atoms with E-state index in [-0.39, 0.29) is 10.8 Å². The largest absolute Gasteiger partial charge is 0.385 e. The summed E-state index contributed by atoms with van der Waals surface area (Å²) in [6, 6.07) is 4.87. The monoisotopic (exact) mass is 447 g/mol. The second-order valence-electron chi connectivity index (χ2n) is 8.16. The lowest BCUT2D eigenvalue weighted by Crippen LogP contribution is -2.29. The molecule has 2 heterocycles. The van der Waals surface area contributed by atoms with E-state index in [0.29, 0.717) is 36.8 Å². The molecule has 1 saturated heterocycles. The number of aryl methyl sites for hydroxylation is 1. The van der Waals surface area contributed by atoms with Crippen LogP contribution in [0.5, 0.6) is 0 Å². The Kier molecular flexibility index (Phi) is 8.09. The summed E-state index contributed by atoms with van der Waals surface area (Å²) in [5.41, 5.74) is 1.01. The van der Waals surface area contributed by atoms with Gasteiger partial charge in [-0.25, -0.2) is 13.4 Å². The topological polar surface area (TPSA) is 96.3 Å². The third-order valence-corrected chi connectivity index (χ3v) is 7.54.